The fourth-order valence-corrected chi connectivity index (χ4v) is 2.59. The molecule has 3 rings (SSSR count). The highest BCUT2D eigenvalue weighted by Crippen LogP contribution is 2.38. The molecule has 1 N–H and O–H groups in total. The Bertz CT molecular complexity index is 621. The number of hydrogen-bond donors (Lipinski definition) is 1. The minimum absolute atomic E-state index is 0.142. The maximum atomic E-state index is 13.5. The van der Waals surface area contributed by atoms with Gasteiger partial charge in [0.1, 0.15) is 17.5 Å². The van der Waals surface area contributed by atoms with E-state index in [1.54, 1.807) is 12.1 Å². The molecule has 0 aromatic heterocycles. The lowest BCUT2D eigenvalue weighted by atomic mass is 9.76. The van der Waals surface area contributed by atoms with Crippen LogP contribution >= 0.6 is 0 Å². The summed E-state index contributed by atoms with van der Waals surface area (Å²) in [6, 6.07) is 10.2. The van der Waals surface area contributed by atoms with Crippen molar-refractivity contribution in [2.24, 2.45) is 0 Å². The lowest BCUT2D eigenvalue weighted by Crippen LogP contribution is -2.34. The lowest BCUT2D eigenvalue weighted by molar-refractivity contribution is 0.371. The van der Waals surface area contributed by atoms with E-state index in [0.29, 0.717) is 11.6 Å². The van der Waals surface area contributed by atoms with Gasteiger partial charge < -0.3 is 5.32 Å². The quantitative estimate of drug-likeness (QED) is 0.873. The lowest BCUT2D eigenvalue weighted by Gasteiger charge is -2.37. The third-order valence-electron chi connectivity index (χ3n) is 3.75. The molecule has 0 unspecified atom stereocenters. The Hall–Kier alpha value is -1.97. The summed E-state index contributed by atoms with van der Waals surface area (Å²) in [5, 5.41) is 3.05. The minimum atomic E-state index is -0.584. The first-order valence-electron chi connectivity index (χ1n) is 6.59. The third kappa shape index (κ3) is 2.64. The minimum Gasteiger partial charge on any atom is -0.380 e. The molecular weight excluding hydrogens is 263 g/mol. The third-order valence-corrected chi connectivity index (χ3v) is 3.75. The first kappa shape index (κ1) is 13.0. The van der Waals surface area contributed by atoms with Crippen LogP contribution in [-0.4, -0.2) is 6.04 Å². The van der Waals surface area contributed by atoms with E-state index in [0.717, 1.165) is 24.5 Å². The second-order valence-corrected chi connectivity index (χ2v) is 5.19. The van der Waals surface area contributed by atoms with Gasteiger partial charge in [-0.2, -0.15) is 0 Å². The summed E-state index contributed by atoms with van der Waals surface area (Å²) >= 11 is 0. The van der Waals surface area contributed by atoms with Crippen molar-refractivity contribution in [3.63, 3.8) is 0 Å². The molecule has 1 fully saturated rings. The van der Waals surface area contributed by atoms with Crippen molar-refractivity contribution in [3.8, 4) is 0 Å². The van der Waals surface area contributed by atoms with E-state index >= 15 is 0 Å². The molecule has 4 heteroatoms. The molecule has 2 aromatic carbocycles. The zero-order chi connectivity index (χ0) is 14.1. The van der Waals surface area contributed by atoms with Crippen molar-refractivity contribution >= 4 is 5.69 Å². The maximum absolute atomic E-state index is 13.5. The van der Waals surface area contributed by atoms with Crippen molar-refractivity contribution < 1.29 is 13.2 Å². The highest BCUT2D eigenvalue weighted by atomic mass is 19.1. The second kappa shape index (κ2) is 5.19. The molecule has 0 bridgehead atoms. The van der Waals surface area contributed by atoms with Crippen LogP contribution in [0.3, 0.4) is 0 Å². The molecule has 0 heterocycles. The molecule has 0 amide bonds. The Labute approximate surface area is 115 Å². The van der Waals surface area contributed by atoms with Crippen LogP contribution < -0.4 is 5.32 Å². The van der Waals surface area contributed by atoms with Crippen LogP contribution in [0.5, 0.6) is 0 Å². The van der Waals surface area contributed by atoms with Gasteiger partial charge in [-0.1, -0.05) is 12.1 Å². The van der Waals surface area contributed by atoms with Gasteiger partial charge in [0.2, 0.25) is 0 Å². The van der Waals surface area contributed by atoms with Crippen LogP contribution in [0.1, 0.15) is 24.3 Å². The number of halogens is 3. The van der Waals surface area contributed by atoms with E-state index in [1.165, 1.54) is 18.2 Å². The number of hydrogen-bond acceptors (Lipinski definition) is 1. The van der Waals surface area contributed by atoms with Crippen molar-refractivity contribution in [1.29, 1.82) is 0 Å². The van der Waals surface area contributed by atoms with Crippen LogP contribution in [0.2, 0.25) is 0 Å². The van der Waals surface area contributed by atoms with E-state index < -0.39 is 11.6 Å². The zero-order valence-electron chi connectivity index (χ0n) is 10.7. The highest BCUT2D eigenvalue weighted by Gasteiger charge is 2.30. The maximum Gasteiger partial charge on any atom is 0.149 e. The van der Waals surface area contributed by atoms with Gasteiger partial charge in [-0.25, -0.2) is 13.2 Å². The van der Waals surface area contributed by atoms with Gasteiger partial charge in [0.15, 0.2) is 0 Å². The Morgan fingerprint density at radius 2 is 1.65 bits per heavy atom. The zero-order valence-corrected chi connectivity index (χ0v) is 10.7. The molecular formula is C16H14F3N. The number of benzene rings is 2. The Morgan fingerprint density at radius 1 is 0.900 bits per heavy atom. The first-order valence-corrected chi connectivity index (χ1v) is 6.59. The van der Waals surface area contributed by atoms with Gasteiger partial charge >= 0.3 is 0 Å². The van der Waals surface area contributed by atoms with Crippen LogP contribution in [0.25, 0.3) is 0 Å². The molecule has 0 aliphatic heterocycles. The molecule has 1 aliphatic carbocycles. The average molecular weight is 277 g/mol. The fourth-order valence-electron chi connectivity index (χ4n) is 2.59. The van der Waals surface area contributed by atoms with Gasteiger partial charge in [0.25, 0.3) is 0 Å². The van der Waals surface area contributed by atoms with E-state index in [-0.39, 0.29) is 11.9 Å². The van der Waals surface area contributed by atoms with Crippen molar-refractivity contribution in [1.82, 2.24) is 0 Å². The number of rotatable bonds is 3. The fraction of sp³-hybridized carbons (Fsp3) is 0.250. The molecule has 0 radical (unpaired) electrons. The van der Waals surface area contributed by atoms with Gasteiger partial charge in [-0.15, -0.1) is 0 Å². The normalized spacial score (nSPS) is 21.4. The molecule has 1 aliphatic rings. The highest BCUT2D eigenvalue weighted by molar-refractivity contribution is 5.46. The number of anilines is 1. The molecule has 0 atom stereocenters. The molecule has 1 saturated carbocycles. The summed E-state index contributed by atoms with van der Waals surface area (Å²) in [5.74, 6) is -1.10. The predicted octanol–water partition coefficient (Wildman–Crippen LogP) is 4.46. The van der Waals surface area contributed by atoms with Gasteiger partial charge in [0, 0.05) is 12.1 Å². The van der Waals surface area contributed by atoms with Crippen molar-refractivity contribution in [3.05, 3.63) is 65.5 Å². The number of nitrogens with one attached hydrogen (secondary N) is 1. The van der Waals surface area contributed by atoms with Crippen molar-refractivity contribution in [2.45, 2.75) is 24.8 Å². The van der Waals surface area contributed by atoms with Crippen molar-refractivity contribution in [2.75, 3.05) is 5.32 Å². The standard InChI is InChI=1S/C16H14F3N/c17-12-3-1-2-10(6-12)11-7-14(8-11)20-16-5-4-13(18)9-15(16)19/h1-6,9,11,14,20H,7-8H2. The smallest absolute Gasteiger partial charge is 0.149 e. The summed E-state index contributed by atoms with van der Waals surface area (Å²) in [5.41, 5.74) is 1.29. The summed E-state index contributed by atoms with van der Waals surface area (Å²) in [7, 11) is 0. The van der Waals surface area contributed by atoms with Crippen LogP contribution in [0.15, 0.2) is 42.5 Å². The molecule has 2 aromatic rings. The van der Waals surface area contributed by atoms with E-state index in [1.807, 2.05) is 6.07 Å². The van der Waals surface area contributed by atoms with E-state index in [2.05, 4.69) is 5.32 Å². The molecule has 0 spiro atoms. The predicted molar refractivity (Wildman–Crippen MR) is 72.1 cm³/mol. The SMILES string of the molecule is Fc1cccc(C2CC(Nc3ccc(F)cc3F)C2)c1. The van der Waals surface area contributed by atoms with Gasteiger partial charge in [-0.05, 0) is 48.6 Å². The van der Waals surface area contributed by atoms with Crippen LogP contribution in [0, 0.1) is 17.5 Å². The topological polar surface area (TPSA) is 12.0 Å². The largest absolute Gasteiger partial charge is 0.380 e. The summed E-state index contributed by atoms with van der Waals surface area (Å²) in [6.45, 7) is 0. The molecule has 20 heavy (non-hydrogen) atoms. The molecule has 104 valence electrons. The second-order valence-electron chi connectivity index (χ2n) is 5.19. The van der Waals surface area contributed by atoms with Crippen LogP contribution in [-0.2, 0) is 0 Å². The van der Waals surface area contributed by atoms with Gasteiger partial charge in [-0.3, -0.25) is 0 Å². The van der Waals surface area contributed by atoms with Crippen LogP contribution in [0.4, 0.5) is 18.9 Å². The van der Waals surface area contributed by atoms with E-state index in [9.17, 15) is 13.2 Å². The Kier molecular flexibility index (Phi) is 3.38. The van der Waals surface area contributed by atoms with E-state index in [4.69, 9.17) is 0 Å². The summed E-state index contributed by atoms with van der Waals surface area (Å²) < 4.78 is 39.4. The summed E-state index contributed by atoms with van der Waals surface area (Å²) in [6.07, 6.45) is 1.64. The molecule has 1 nitrogen and oxygen atoms in total. The van der Waals surface area contributed by atoms with Gasteiger partial charge in [0.05, 0.1) is 5.69 Å². The average Bonchev–Trinajstić information content (AvgIpc) is 2.35. The first-order chi connectivity index (χ1) is 9.61. The molecule has 0 saturated heterocycles. The summed E-state index contributed by atoms with van der Waals surface area (Å²) in [4.78, 5) is 0. The Balaban J connectivity index is 1.61. The monoisotopic (exact) mass is 277 g/mol. The Morgan fingerprint density at radius 3 is 2.35 bits per heavy atom.